The highest BCUT2D eigenvalue weighted by Gasteiger charge is 2.29. The Balaban J connectivity index is 0.00000141. The van der Waals surface area contributed by atoms with Crippen molar-refractivity contribution in [2.24, 2.45) is 0 Å². The quantitative estimate of drug-likeness (QED) is 0.321. The first-order chi connectivity index (χ1) is 16.8. The maximum atomic E-state index is 14.3. The molecule has 0 saturated carbocycles. The summed E-state index contributed by atoms with van der Waals surface area (Å²) in [5.74, 6) is -0.522. The van der Waals surface area contributed by atoms with E-state index in [0.717, 1.165) is 42.4 Å². The first-order valence-electron chi connectivity index (χ1n) is 12.1. The highest BCUT2D eigenvalue weighted by atomic mass is 19.1. The Kier molecular flexibility index (Phi) is 7.07. The summed E-state index contributed by atoms with van der Waals surface area (Å²) < 4.78 is 20.6. The van der Waals surface area contributed by atoms with E-state index in [9.17, 15) is 14.0 Å². The second kappa shape index (κ2) is 10.0. The molecule has 4 heterocycles. The number of likely N-dealkylation sites (tertiary alicyclic amines) is 1. The van der Waals surface area contributed by atoms with Gasteiger partial charge in [0.25, 0.3) is 5.56 Å². The van der Waals surface area contributed by atoms with E-state index in [1.165, 1.54) is 12.5 Å². The van der Waals surface area contributed by atoms with Crippen molar-refractivity contribution in [3.63, 3.8) is 0 Å². The lowest BCUT2D eigenvalue weighted by Crippen LogP contribution is -2.30. The van der Waals surface area contributed by atoms with Crippen LogP contribution in [0.15, 0.2) is 23.0 Å². The first kappa shape index (κ1) is 24.7. The molecule has 0 unspecified atom stereocenters. The Bertz CT molecular complexity index is 1350. The fourth-order valence-electron chi connectivity index (χ4n) is 4.94. The third kappa shape index (κ3) is 4.60. The van der Waals surface area contributed by atoms with E-state index < -0.39 is 12.0 Å². The molecule has 3 N–H and O–H groups in total. The van der Waals surface area contributed by atoms with Crippen LogP contribution < -0.4 is 11.3 Å². The standard InChI is InChI=1S/C24H25FN4O4.C2H6/c1-13-7-21-22-16(11-29(21)23(30)17(13)12-33-24(31)32)15(10-28-5-3-2-4-6-28)14-8-19(26)18(25)9-20(14)27-22;1-2/h7-9H,2-6,10-12,26H2,1H3,(H,31,32);1-2H3. The van der Waals surface area contributed by atoms with Crippen LogP contribution in [0.25, 0.3) is 22.3 Å². The zero-order valence-electron chi connectivity index (χ0n) is 20.4. The number of hydrogen-bond acceptors (Lipinski definition) is 6. The molecular formula is C26H31FN4O4. The lowest BCUT2D eigenvalue weighted by molar-refractivity contribution is 0.0848. The number of rotatable bonds is 4. The van der Waals surface area contributed by atoms with Crippen LogP contribution in [0.3, 0.4) is 0 Å². The second-order valence-corrected chi connectivity index (χ2v) is 8.78. The van der Waals surface area contributed by atoms with E-state index in [1.54, 1.807) is 17.6 Å². The Morgan fingerprint density at radius 2 is 1.89 bits per heavy atom. The van der Waals surface area contributed by atoms with Crippen molar-refractivity contribution in [2.75, 3.05) is 18.8 Å². The van der Waals surface area contributed by atoms with Crippen LogP contribution in [0.5, 0.6) is 0 Å². The van der Waals surface area contributed by atoms with Crippen molar-refractivity contribution in [3.05, 3.63) is 56.6 Å². The Hall–Kier alpha value is -3.46. The third-order valence-electron chi connectivity index (χ3n) is 6.68. The predicted molar refractivity (Wildman–Crippen MR) is 133 cm³/mol. The first-order valence-corrected chi connectivity index (χ1v) is 12.1. The molecule has 186 valence electrons. The smallest absolute Gasteiger partial charge is 0.450 e. The number of carbonyl (C=O) groups is 1. The van der Waals surface area contributed by atoms with Crippen LogP contribution in [0, 0.1) is 12.7 Å². The number of fused-ring (bicyclic) bond motifs is 4. The van der Waals surface area contributed by atoms with Crippen LogP contribution in [0.4, 0.5) is 14.9 Å². The molecule has 2 aliphatic rings. The van der Waals surface area contributed by atoms with E-state index >= 15 is 0 Å². The van der Waals surface area contributed by atoms with Crippen LogP contribution in [-0.4, -0.2) is 38.8 Å². The van der Waals surface area contributed by atoms with Gasteiger partial charge in [-0.05, 0) is 56.1 Å². The molecule has 2 aliphatic heterocycles. The number of nitrogens with two attached hydrogens (primary N) is 1. The van der Waals surface area contributed by atoms with Crippen LogP contribution >= 0.6 is 0 Å². The fraction of sp³-hybridized carbons (Fsp3) is 0.423. The number of nitrogen functional groups attached to an aromatic ring is 1. The van der Waals surface area contributed by atoms with E-state index in [4.69, 9.17) is 15.8 Å². The number of ether oxygens (including phenoxy) is 1. The Morgan fingerprint density at radius 3 is 2.57 bits per heavy atom. The zero-order valence-corrected chi connectivity index (χ0v) is 20.4. The van der Waals surface area contributed by atoms with Crippen LogP contribution in [0.2, 0.25) is 0 Å². The lowest BCUT2D eigenvalue weighted by Gasteiger charge is -2.28. The summed E-state index contributed by atoms with van der Waals surface area (Å²) in [6.07, 6.45) is 2.05. The number of benzene rings is 1. The molecule has 0 bridgehead atoms. The number of pyridine rings is 2. The number of piperidine rings is 1. The minimum atomic E-state index is -1.43. The van der Waals surface area contributed by atoms with Gasteiger partial charge < -0.3 is 20.1 Å². The number of hydrogen-bond donors (Lipinski definition) is 2. The SMILES string of the molecule is CC.Cc1cc2n(c(=O)c1COC(=O)O)Cc1c-2nc2cc(F)c(N)cc2c1CN1CCCCC1. The molecule has 5 rings (SSSR count). The molecule has 0 atom stereocenters. The summed E-state index contributed by atoms with van der Waals surface area (Å²) in [6.45, 7) is 8.39. The summed E-state index contributed by atoms with van der Waals surface area (Å²) >= 11 is 0. The molecule has 1 aromatic carbocycles. The van der Waals surface area contributed by atoms with Gasteiger partial charge in [0.15, 0.2) is 0 Å². The minimum Gasteiger partial charge on any atom is -0.450 e. The van der Waals surface area contributed by atoms with Crippen LogP contribution in [0.1, 0.15) is 55.4 Å². The normalized spacial score (nSPS) is 14.7. The van der Waals surface area contributed by atoms with Gasteiger partial charge in [-0.2, -0.15) is 0 Å². The highest BCUT2D eigenvalue weighted by Crippen LogP contribution is 2.37. The molecule has 35 heavy (non-hydrogen) atoms. The van der Waals surface area contributed by atoms with Crippen molar-refractivity contribution < 1.29 is 19.0 Å². The number of anilines is 1. The van der Waals surface area contributed by atoms with Gasteiger partial charge >= 0.3 is 6.16 Å². The lowest BCUT2D eigenvalue weighted by atomic mass is 9.98. The van der Waals surface area contributed by atoms with Crippen molar-refractivity contribution >= 4 is 22.7 Å². The van der Waals surface area contributed by atoms with Crippen molar-refractivity contribution in [3.8, 4) is 11.4 Å². The summed E-state index contributed by atoms with van der Waals surface area (Å²) in [4.78, 5) is 31.2. The van der Waals surface area contributed by atoms with Gasteiger partial charge in [-0.25, -0.2) is 14.2 Å². The fourth-order valence-corrected chi connectivity index (χ4v) is 4.94. The van der Waals surface area contributed by atoms with E-state index in [2.05, 4.69) is 9.64 Å². The van der Waals surface area contributed by atoms with Gasteiger partial charge in [0.1, 0.15) is 12.4 Å². The minimum absolute atomic E-state index is 0.0702. The third-order valence-corrected chi connectivity index (χ3v) is 6.68. The molecule has 0 spiro atoms. The molecule has 0 radical (unpaired) electrons. The number of halogens is 1. The van der Waals surface area contributed by atoms with E-state index in [1.807, 2.05) is 19.9 Å². The van der Waals surface area contributed by atoms with Crippen molar-refractivity contribution in [2.45, 2.75) is 59.7 Å². The summed E-state index contributed by atoms with van der Waals surface area (Å²) in [5, 5.41) is 9.65. The molecule has 1 fully saturated rings. The topological polar surface area (TPSA) is 111 Å². The van der Waals surface area contributed by atoms with Crippen molar-refractivity contribution in [1.29, 1.82) is 0 Å². The van der Waals surface area contributed by atoms with Gasteiger partial charge in [-0.1, -0.05) is 20.3 Å². The predicted octanol–water partition coefficient (Wildman–Crippen LogP) is 4.66. The monoisotopic (exact) mass is 482 g/mol. The maximum absolute atomic E-state index is 14.3. The molecule has 1 saturated heterocycles. The molecule has 0 aliphatic carbocycles. The number of nitrogens with zero attached hydrogens (tertiary/aromatic N) is 3. The highest BCUT2D eigenvalue weighted by molar-refractivity contribution is 5.90. The molecular weight excluding hydrogens is 451 g/mol. The summed E-state index contributed by atoms with van der Waals surface area (Å²) in [7, 11) is 0. The van der Waals surface area contributed by atoms with Gasteiger partial charge in [-0.3, -0.25) is 9.69 Å². The zero-order chi connectivity index (χ0) is 25.3. The Labute approximate surface area is 203 Å². The average Bonchev–Trinajstić information content (AvgIpc) is 3.20. The van der Waals surface area contributed by atoms with Gasteiger partial charge in [0, 0.05) is 23.6 Å². The molecule has 9 heteroatoms. The average molecular weight is 483 g/mol. The van der Waals surface area contributed by atoms with Crippen molar-refractivity contribution in [1.82, 2.24) is 14.5 Å². The number of aryl methyl sites for hydroxylation is 1. The summed E-state index contributed by atoms with van der Waals surface area (Å²) in [6, 6.07) is 4.82. The maximum Gasteiger partial charge on any atom is 0.506 e. The van der Waals surface area contributed by atoms with E-state index in [0.29, 0.717) is 41.1 Å². The largest absolute Gasteiger partial charge is 0.506 e. The molecule has 0 amide bonds. The number of carboxylic acid groups (broad SMARTS) is 1. The van der Waals surface area contributed by atoms with Gasteiger partial charge in [0.05, 0.1) is 34.7 Å². The van der Waals surface area contributed by atoms with E-state index in [-0.39, 0.29) is 17.9 Å². The van der Waals surface area contributed by atoms with Crippen LogP contribution in [-0.2, 0) is 24.4 Å². The Morgan fingerprint density at radius 1 is 1.17 bits per heavy atom. The number of aromatic nitrogens is 2. The second-order valence-electron chi connectivity index (χ2n) is 8.78. The molecule has 8 nitrogen and oxygen atoms in total. The molecule has 2 aromatic heterocycles. The summed E-state index contributed by atoms with van der Waals surface area (Å²) in [5.41, 5.74) is 10.3. The molecule has 3 aromatic rings. The van der Waals surface area contributed by atoms with Gasteiger partial charge in [-0.15, -0.1) is 0 Å². The van der Waals surface area contributed by atoms with Gasteiger partial charge in [0.2, 0.25) is 0 Å².